The number of ether oxygens (including phenoxy) is 2. The number of hydrogen-bond acceptors (Lipinski definition) is 8. The van der Waals surface area contributed by atoms with Crippen LogP contribution in [-0.2, 0) is 16.1 Å². The van der Waals surface area contributed by atoms with Crippen LogP contribution in [0.25, 0.3) is 11.3 Å². The molecule has 0 spiro atoms. The molecule has 12 heteroatoms. The molecule has 1 fully saturated rings. The minimum absolute atomic E-state index is 0.0976. The highest BCUT2D eigenvalue weighted by Crippen LogP contribution is 2.32. The summed E-state index contributed by atoms with van der Waals surface area (Å²) in [6.45, 7) is 2.41. The monoisotopic (exact) mass is 586 g/mol. The Morgan fingerprint density at radius 2 is 2.12 bits per heavy atom. The first-order valence-corrected chi connectivity index (χ1v) is 13.5. The maximum atomic E-state index is 14.2. The van der Waals surface area contributed by atoms with Crippen LogP contribution in [0.2, 0.25) is 5.02 Å². The molecule has 216 valence electrons. The molecule has 3 heterocycles. The minimum atomic E-state index is -2.81. The Bertz CT molecular complexity index is 1560. The molecular formula is C29H31ClFN5O5. The molecule has 2 aliphatic rings. The lowest BCUT2D eigenvalue weighted by atomic mass is 10.0. The molecule has 0 radical (unpaired) electrons. The predicted molar refractivity (Wildman–Crippen MR) is 150 cm³/mol. The normalized spacial score (nSPS) is 18.1. The van der Waals surface area contributed by atoms with Gasteiger partial charge >= 0.3 is 0 Å². The number of aliphatic hydroxyl groups is 1. The van der Waals surface area contributed by atoms with Crippen LogP contribution in [0.5, 0.6) is 5.75 Å². The lowest BCUT2D eigenvalue weighted by Gasteiger charge is -2.26. The number of methoxy groups -OCH3 is 1. The summed E-state index contributed by atoms with van der Waals surface area (Å²) in [6.07, 6.45) is 3.17. The third kappa shape index (κ3) is 6.27. The average molecular weight is 587 g/mol. The van der Waals surface area contributed by atoms with Gasteiger partial charge in [0.15, 0.2) is 0 Å². The van der Waals surface area contributed by atoms with Crippen molar-refractivity contribution in [1.29, 1.82) is 0 Å². The van der Waals surface area contributed by atoms with Gasteiger partial charge in [-0.1, -0.05) is 23.7 Å². The van der Waals surface area contributed by atoms with E-state index in [1.807, 2.05) is 0 Å². The fourth-order valence-electron chi connectivity index (χ4n) is 4.96. The number of amides is 2. The van der Waals surface area contributed by atoms with Gasteiger partial charge in [0, 0.05) is 43.0 Å². The maximum Gasteiger partial charge on any atom is 0.255 e. The van der Waals surface area contributed by atoms with Gasteiger partial charge in [-0.25, -0.2) is 14.4 Å². The summed E-state index contributed by atoms with van der Waals surface area (Å²) >= 11 is 6.44. The second-order valence-corrected chi connectivity index (χ2v) is 10.4. The zero-order valence-corrected chi connectivity index (χ0v) is 22.9. The zero-order chi connectivity index (χ0) is 31.6. The maximum absolute atomic E-state index is 14.2. The van der Waals surface area contributed by atoms with Crippen molar-refractivity contribution >= 4 is 29.4 Å². The van der Waals surface area contributed by atoms with E-state index in [-0.39, 0.29) is 29.8 Å². The van der Waals surface area contributed by atoms with Gasteiger partial charge < -0.3 is 30.1 Å². The quantitative estimate of drug-likeness (QED) is 0.346. The highest BCUT2D eigenvalue weighted by Gasteiger charge is 2.35. The van der Waals surface area contributed by atoms with Crippen molar-refractivity contribution in [3.05, 3.63) is 70.1 Å². The largest absolute Gasteiger partial charge is 0.497 e. The van der Waals surface area contributed by atoms with Crippen molar-refractivity contribution < 1.29 is 32.7 Å². The molecule has 2 atom stereocenters. The molecule has 10 nitrogen and oxygen atoms in total. The van der Waals surface area contributed by atoms with Crippen LogP contribution in [-0.4, -0.2) is 70.7 Å². The van der Waals surface area contributed by atoms with E-state index in [9.17, 15) is 19.1 Å². The van der Waals surface area contributed by atoms with Crippen LogP contribution in [0.1, 0.15) is 51.4 Å². The van der Waals surface area contributed by atoms with Crippen LogP contribution < -0.4 is 15.4 Å². The molecule has 1 saturated heterocycles. The SMILES string of the molecule is [2H]C([2H])([2H])Oc1cc(F)cc(C(CO)NC(=O)C(C)N2Cc3ccc(-c4nc(NC5CCOCC5)ncc4Cl)cc3C2=O)c1. The van der Waals surface area contributed by atoms with E-state index in [1.165, 1.54) is 17.2 Å². The molecule has 2 amide bonds. The number of aliphatic hydroxyl groups excluding tert-OH is 1. The highest BCUT2D eigenvalue weighted by atomic mass is 35.5. The number of rotatable bonds is 9. The van der Waals surface area contributed by atoms with Crippen molar-refractivity contribution in [2.75, 3.05) is 32.2 Å². The van der Waals surface area contributed by atoms with Gasteiger partial charge in [0.25, 0.3) is 5.91 Å². The van der Waals surface area contributed by atoms with Gasteiger partial charge in [-0.15, -0.1) is 0 Å². The molecule has 1 aromatic heterocycles. The first-order chi connectivity index (χ1) is 20.9. The molecule has 2 aliphatic heterocycles. The van der Waals surface area contributed by atoms with Crippen LogP contribution in [0.15, 0.2) is 42.6 Å². The number of halogens is 2. The molecular weight excluding hydrogens is 553 g/mol. The lowest BCUT2D eigenvalue weighted by Crippen LogP contribution is -2.46. The number of carbonyl (C=O) groups is 2. The Morgan fingerprint density at radius 1 is 1.32 bits per heavy atom. The van der Waals surface area contributed by atoms with Gasteiger partial charge in [0.1, 0.15) is 17.6 Å². The minimum Gasteiger partial charge on any atom is -0.497 e. The van der Waals surface area contributed by atoms with Crippen LogP contribution >= 0.6 is 11.6 Å². The van der Waals surface area contributed by atoms with E-state index in [0.717, 1.165) is 25.0 Å². The van der Waals surface area contributed by atoms with Crippen LogP contribution in [0.3, 0.4) is 0 Å². The van der Waals surface area contributed by atoms with Crippen molar-refractivity contribution in [3.63, 3.8) is 0 Å². The molecule has 2 unspecified atom stereocenters. The van der Waals surface area contributed by atoms with E-state index in [2.05, 4.69) is 20.6 Å². The Balaban J connectivity index is 1.30. The second-order valence-electron chi connectivity index (χ2n) is 9.97. The van der Waals surface area contributed by atoms with Crippen molar-refractivity contribution in [2.45, 2.75) is 44.4 Å². The molecule has 5 rings (SSSR count). The van der Waals surface area contributed by atoms with E-state index in [1.54, 1.807) is 25.1 Å². The zero-order valence-electron chi connectivity index (χ0n) is 25.2. The van der Waals surface area contributed by atoms with E-state index in [0.29, 0.717) is 46.6 Å². The van der Waals surface area contributed by atoms with Gasteiger partial charge in [-0.05, 0) is 49.1 Å². The summed E-state index contributed by atoms with van der Waals surface area (Å²) < 4.78 is 46.1. The summed E-state index contributed by atoms with van der Waals surface area (Å²) in [6, 6.07) is 6.57. The number of anilines is 1. The number of fused-ring (bicyclic) bond motifs is 1. The average Bonchev–Trinajstić information content (AvgIpc) is 3.31. The third-order valence-electron chi connectivity index (χ3n) is 7.27. The second kappa shape index (κ2) is 12.4. The molecule has 0 bridgehead atoms. The van der Waals surface area contributed by atoms with E-state index in [4.69, 9.17) is 25.2 Å². The Morgan fingerprint density at radius 3 is 2.88 bits per heavy atom. The number of benzene rings is 2. The number of nitrogens with zero attached hydrogens (tertiary/aromatic N) is 3. The van der Waals surface area contributed by atoms with Crippen LogP contribution in [0, 0.1) is 5.82 Å². The molecule has 3 N–H and O–H groups in total. The lowest BCUT2D eigenvalue weighted by molar-refractivity contribution is -0.126. The van der Waals surface area contributed by atoms with Crippen LogP contribution in [0.4, 0.5) is 10.3 Å². The van der Waals surface area contributed by atoms with Gasteiger partial charge in [-0.3, -0.25) is 9.59 Å². The number of carbonyl (C=O) groups excluding carboxylic acids is 2. The molecule has 2 aromatic carbocycles. The Hall–Kier alpha value is -3.80. The molecule has 41 heavy (non-hydrogen) atoms. The molecule has 0 aliphatic carbocycles. The predicted octanol–water partition coefficient (Wildman–Crippen LogP) is 3.73. The van der Waals surface area contributed by atoms with E-state index >= 15 is 0 Å². The molecule has 3 aromatic rings. The Kier molecular flexibility index (Phi) is 7.53. The highest BCUT2D eigenvalue weighted by molar-refractivity contribution is 6.33. The molecule has 0 saturated carbocycles. The summed E-state index contributed by atoms with van der Waals surface area (Å²) in [4.78, 5) is 37.0. The fourth-order valence-corrected chi connectivity index (χ4v) is 5.16. The van der Waals surface area contributed by atoms with Gasteiger partial charge in [0.05, 0.1) is 40.7 Å². The van der Waals surface area contributed by atoms with Gasteiger partial charge in [-0.2, -0.15) is 0 Å². The smallest absolute Gasteiger partial charge is 0.255 e. The van der Waals surface area contributed by atoms with Crippen molar-refractivity contribution in [3.8, 4) is 17.0 Å². The standard InChI is InChI=1S/C29H31ClFN5O5/c1-16(27(38)34-25(15-37)19-9-20(31)12-22(10-19)40-2)36-14-18-4-3-17(11-23(18)28(36)39)26-24(30)13-32-29(35-26)33-21-5-7-41-8-6-21/h3-4,9-13,16,21,25,37H,5-8,14-15H2,1-2H3,(H,34,38)(H,32,33,35)/i2D3. The summed E-state index contributed by atoms with van der Waals surface area (Å²) in [5.74, 6) is -1.65. The number of aromatic nitrogens is 2. The summed E-state index contributed by atoms with van der Waals surface area (Å²) in [7, 11) is -2.81. The summed E-state index contributed by atoms with van der Waals surface area (Å²) in [5, 5.41) is 16.2. The topological polar surface area (TPSA) is 126 Å². The number of nitrogens with one attached hydrogen (secondary N) is 2. The fraction of sp³-hybridized carbons (Fsp3) is 0.379. The van der Waals surface area contributed by atoms with Gasteiger partial charge in [0.2, 0.25) is 11.9 Å². The number of hydrogen-bond donors (Lipinski definition) is 3. The third-order valence-corrected chi connectivity index (χ3v) is 7.55. The summed E-state index contributed by atoms with van der Waals surface area (Å²) in [5.41, 5.74) is 2.27. The van der Waals surface area contributed by atoms with Crippen molar-refractivity contribution in [1.82, 2.24) is 20.2 Å². The van der Waals surface area contributed by atoms with E-state index < -0.39 is 37.5 Å². The van der Waals surface area contributed by atoms with Crippen molar-refractivity contribution in [2.24, 2.45) is 0 Å². The first kappa shape index (κ1) is 25.0. The first-order valence-electron chi connectivity index (χ1n) is 14.6. The Labute approximate surface area is 246 Å².